The summed E-state index contributed by atoms with van der Waals surface area (Å²) in [6.45, 7) is 5.87. The molecular weight excluding hydrogens is 232 g/mol. The minimum absolute atomic E-state index is 0.288. The fourth-order valence-corrected chi connectivity index (χ4v) is 1.69. The lowest BCUT2D eigenvalue weighted by molar-refractivity contribution is 0.630. The van der Waals surface area contributed by atoms with Gasteiger partial charge in [-0.25, -0.2) is 0 Å². The zero-order valence-corrected chi connectivity index (χ0v) is 11.8. The molecular formula is C17H24N2. The molecule has 1 atom stereocenters. The van der Waals surface area contributed by atoms with Gasteiger partial charge in [0.2, 0.25) is 0 Å². The summed E-state index contributed by atoms with van der Waals surface area (Å²) in [4.78, 5) is 0. The topological polar surface area (TPSA) is 24.7 Å². The maximum Gasteiger partial charge on any atom is 0.0852 e. The Morgan fingerprint density at radius 2 is 1.95 bits per heavy atom. The van der Waals surface area contributed by atoms with Crippen LogP contribution in [0.4, 0.5) is 5.69 Å². The van der Waals surface area contributed by atoms with E-state index >= 15 is 0 Å². The van der Waals surface area contributed by atoms with E-state index in [9.17, 15) is 0 Å². The van der Waals surface area contributed by atoms with Crippen LogP contribution >= 0.6 is 0 Å². The zero-order chi connectivity index (χ0) is 13.8. The van der Waals surface area contributed by atoms with Gasteiger partial charge < -0.3 is 0 Å². The smallest absolute Gasteiger partial charge is 0.0852 e. The molecule has 0 N–H and O–H groups in total. The largest absolute Gasteiger partial charge is 0.185 e. The van der Waals surface area contributed by atoms with Crippen molar-refractivity contribution in [1.82, 2.24) is 0 Å². The Hall–Kier alpha value is -1.70. The Morgan fingerprint density at radius 1 is 1.16 bits per heavy atom. The van der Waals surface area contributed by atoms with Gasteiger partial charge in [-0.2, -0.15) is 10.2 Å². The molecule has 1 aromatic carbocycles. The molecule has 0 saturated heterocycles. The number of rotatable bonds is 9. The molecule has 0 radical (unpaired) electrons. The van der Waals surface area contributed by atoms with Crippen LogP contribution in [0.2, 0.25) is 0 Å². The van der Waals surface area contributed by atoms with Gasteiger partial charge in [-0.3, -0.25) is 0 Å². The number of azo groups is 1. The van der Waals surface area contributed by atoms with Crippen LogP contribution in [0.5, 0.6) is 0 Å². The number of nitrogens with zero attached hydrogens (tertiary/aromatic N) is 2. The van der Waals surface area contributed by atoms with Gasteiger partial charge >= 0.3 is 0 Å². The maximum atomic E-state index is 4.40. The first kappa shape index (κ1) is 15.4. The average Bonchev–Trinajstić information content (AvgIpc) is 2.47. The highest BCUT2D eigenvalue weighted by Gasteiger charge is 2.00. The van der Waals surface area contributed by atoms with Gasteiger partial charge in [0.15, 0.2) is 0 Å². The molecule has 102 valence electrons. The van der Waals surface area contributed by atoms with Crippen molar-refractivity contribution < 1.29 is 0 Å². The molecule has 19 heavy (non-hydrogen) atoms. The Bertz CT molecular complexity index is 393. The normalized spacial score (nSPS) is 13.1. The number of benzene rings is 1. The Labute approximate surface area is 117 Å². The zero-order valence-electron chi connectivity index (χ0n) is 11.8. The molecule has 0 amide bonds. The fraction of sp³-hybridized carbons (Fsp3) is 0.412. The van der Waals surface area contributed by atoms with E-state index in [0.29, 0.717) is 0 Å². The highest BCUT2D eigenvalue weighted by atomic mass is 15.1. The molecule has 2 heteroatoms. The lowest BCUT2D eigenvalue weighted by Gasteiger charge is -2.04. The third-order valence-electron chi connectivity index (χ3n) is 2.92. The summed E-state index contributed by atoms with van der Waals surface area (Å²) in [6.07, 6.45) is 11.8. The first-order chi connectivity index (χ1) is 9.36. The number of allylic oxidation sites excluding steroid dienone is 2. The second-order valence-corrected chi connectivity index (χ2v) is 4.54. The van der Waals surface area contributed by atoms with Crippen molar-refractivity contribution in [3.63, 3.8) is 0 Å². The van der Waals surface area contributed by atoms with Gasteiger partial charge in [-0.1, -0.05) is 43.4 Å². The monoisotopic (exact) mass is 256 g/mol. The van der Waals surface area contributed by atoms with E-state index in [1.165, 1.54) is 6.42 Å². The van der Waals surface area contributed by atoms with E-state index in [2.05, 4.69) is 35.9 Å². The highest BCUT2D eigenvalue weighted by molar-refractivity contribution is 5.34. The van der Waals surface area contributed by atoms with Crippen molar-refractivity contribution in [3.05, 3.63) is 55.1 Å². The summed E-state index contributed by atoms with van der Waals surface area (Å²) in [5.74, 6) is 0. The fourth-order valence-electron chi connectivity index (χ4n) is 1.69. The third-order valence-corrected chi connectivity index (χ3v) is 2.92. The van der Waals surface area contributed by atoms with Crippen LogP contribution < -0.4 is 0 Å². The van der Waals surface area contributed by atoms with Crippen molar-refractivity contribution in [3.8, 4) is 0 Å². The van der Waals surface area contributed by atoms with Crippen LogP contribution in [-0.2, 0) is 0 Å². The van der Waals surface area contributed by atoms with E-state index in [-0.39, 0.29) is 6.04 Å². The lowest BCUT2D eigenvalue weighted by Crippen LogP contribution is -1.98. The summed E-state index contributed by atoms with van der Waals surface area (Å²) in [7, 11) is 0. The van der Waals surface area contributed by atoms with Crippen LogP contribution in [0.15, 0.2) is 65.4 Å². The third kappa shape index (κ3) is 7.35. The summed E-state index contributed by atoms with van der Waals surface area (Å²) in [5.41, 5.74) is 0.927. The predicted molar refractivity (Wildman–Crippen MR) is 82.8 cm³/mol. The molecule has 0 aliphatic carbocycles. The van der Waals surface area contributed by atoms with Crippen molar-refractivity contribution in [1.29, 1.82) is 0 Å². The molecule has 1 unspecified atom stereocenters. The van der Waals surface area contributed by atoms with Crippen LogP contribution in [0.3, 0.4) is 0 Å². The van der Waals surface area contributed by atoms with Crippen LogP contribution in [-0.4, -0.2) is 6.04 Å². The van der Waals surface area contributed by atoms with E-state index in [0.717, 1.165) is 31.4 Å². The van der Waals surface area contributed by atoms with Crippen molar-refractivity contribution in [2.75, 3.05) is 0 Å². The second kappa shape index (κ2) is 10.2. The Kier molecular flexibility index (Phi) is 8.28. The summed E-state index contributed by atoms with van der Waals surface area (Å²) in [5, 5.41) is 8.69. The van der Waals surface area contributed by atoms with E-state index in [1.54, 1.807) is 0 Å². The van der Waals surface area contributed by atoms with E-state index in [1.807, 2.05) is 36.4 Å². The molecule has 0 aromatic heterocycles. The summed E-state index contributed by atoms with van der Waals surface area (Å²) in [6, 6.07) is 10.2. The molecule has 0 spiro atoms. The van der Waals surface area contributed by atoms with Crippen LogP contribution in [0.25, 0.3) is 0 Å². The average molecular weight is 256 g/mol. The molecule has 0 aliphatic heterocycles. The molecule has 1 aromatic rings. The maximum absolute atomic E-state index is 4.40. The van der Waals surface area contributed by atoms with Gasteiger partial charge in [0, 0.05) is 0 Å². The lowest BCUT2D eigenvalue weighted by atomic mass is 10.1. The number of hydrogen-bond donors (Lipinski definition) is 0. The molecule has 0 heterocycles. The molecule has 0 bridgehead atoms. The van der Waals surface area contributed by atoms with E-state index < -0.39 is 0 Å². The summed E-state index contributed by atoms with van der Waals surface area (Å²) >= 11 is 0. The van der Waals surface area contributed by atoms with Gasteiger partial charge in [-0.05, 0) is 44.2 Å². The van der Waals surface area contributed by atoms with Gasteiger partial charge in [0.25, 0.3) is 0 Å². The quantitative estimate of drug-likeness (QED) is 0.301. The van der Waals surface area contributed by atoms with Crippen molar-refractivity contribution in [2.45, 2.75) is 45.1 Å². The number of hydrogen-bond acceptors (Lipinski definition) is 2. The molecule has 0 fully saturated rings. The van der Waals surface area contributed by atoms with Gasteiger partial charge in [0.05, 0.1) is 11.7 Å². The van der Waals surface area contributed by atoms with Gasteiger partial charge in [-0.15, -0.1) is 6.58 Å². The highest BCUT2D eigenvalue weighted by Crippen LogP contribution is 2.14. The predicted octanol–water partition coefficient (Wildman–Crippen LogP) is 5.85. The molecule has 2 nitrogen and oxygen atoms in total. The number of unbranched alkanes of at least 4 members (excludes halogenated alkanes) is 2. The molecule has 0 saturated carbocycles. The van der Waals surface area contributed by atoms with Gasteiger partial charge in [0.1, 0.15) is 0 Å². The first-order valence-electron chi connectivity index (χ1n) is 7.08. The first-order valence-corrected chi connectivity index (χ1v) is 7.08. The Balaban J connectivity index is 2.33. The Morgan fingerprint density at radius 3 is 2.63 bits per heavy atom. The minimum atomic E-state index is 0.288. The van der Waals surface area contributed by atoms with Crippen molar-refractivity contribution in [2.24, 2.45) is 10.2 Å². The van der Waals surface area contributed by atoms with E-state index in [4.69, 9.17) is 0 Å². The standard InChI is InChI=1S/C17H24N2/c1-3-5-6-7-8-10-13-16(4-2)18-19-17-14-11-9-12-15-17/h3,8-12,14-16H,1,4-7,13H2,2H3. The molecule has 0 aliphatic rings. The second-order valence-electron chi connectivity index (χ2n) is 4.54. The summed E-state index contributed by atoms with van der Waals surface area (Å²) < 4.78 is 0. The molecule has 1 rings (SSSR count). The van der Waals surface area contributed by atoms with Crippen LogP contribution in [0, 0.1) is 0 Å². The van der Waals surface area contributed by atoms with Crippen LogP contribution in [0.1, 0.15) is 39.0 Å². The SMILES string of the molecule is C=CCCCC=CCC(CC)N=Nc1ccccc1. The minimum Gasteiger partial charge on any atom is -0.185 e. The van der Waals surface area contributed by atoms with Crippen molar-refractivity contribution >= 4 is 5.69 Å².